The van der Waals surface area contributed by atoms with Gasteiger partial charge >= 0.3 is 13.8 Å². The highest BCUT2D eigenvalue weighted by Crippen LogP contribution is 2.46. The van der Waals surface area contributed by atoms with Crippen molar-refractivity contribution in [2.45, 2.75) is 31.5 Å². The van der Waals surface area contributed by atoms with Gasteiger partial charge in [-0.05, 0) is 18.6 Å². The minimum atomic E-state index is -5.00. The van der Waals surface area contributed by atoms with Gasteiger partial charge in [-0.3, -0.25) is 14.0 Å². The van der Waals surface area contributed by atoms with Crippen molar-refractivity contribution in [3.05, 3.63) is 35.9 Å². The molecule has 2 aromatic heterocycles. The van der Waals surface area contributed by atoms with Crippen LogP contribution in [0.3, 0.4) is 0 Å². The number of aliphatic hydroxyl groups excluding tert-OH is 2. The van der Waals surface area contributed by atoms with Crippen LogP contribution in [0, 0.1) is 6.92 Å². The van der Waals surface area contributed by atoms with E-state index in [4.69, 9.17) is 20.7 Å². The van der Waals surface area contributed by atoms with Crippen LogP contribution in [-0.4, -0.2) is 70.6 Å². The number of phosphoric acid groups is 1. The number of carbonyl (C=O) groups excluding carboxylic acids is 1. The summed E-state index contributed by atoms with van der Waals surface area (Å²) >= 11 is 0. The maximum absolute atomic E-state index is 12.3. The lowest BCUT2D eigenvalue weighted by Crippen LogP contribution is -2.33. The van der Waals surface area contributed by atoms with E-state index in [2.05, 4.69) is 19.5 Å². The third kappa shape index (κ3) is 4.27. The van der Waals surface area contributed by atoms with Crippen molar-refractivity contribution in [1.29, 1.82) is 0 Å². The van der Waals surface area contributed by atoms with Gasteiger partial charge in [0.05, 0.1) is 24.2 Å². The van der Waals surface area contributed by atoms with Crippen LogP contribution < -0.4 is 11.5 Å². The van der Waals surface area contributed by atoms with Crippen LogP contribution in [0.15, 0.2) is 24.8 Å². The first kappa shape index (κ1) is 23.8. The molecule has 0 amide bonds. The van der Waals surface area contributed by atoms with E-state index < -0.39 is 44.9 Å². The molecule has 1 aliphatic rings. The lowest BCUT2D eigenvalue weighted by Gasteiger charge is -2.18. The summed E-state index contributed by atoms with van der Waals surface area (Å²) in [4.78, 5) is 34.1. The van der Waals surface area contributed by atoms with Gasteiger partial charge < -0.3 is 36.0 Å². The Labute approximate surface area is 191 Å². The minimum absolute atomic E-state index is 0.0993. The number of hydrogen-bond acceptors (Lipinski definition) is 13. The molecule has 0 saturated carbocycles. The number of anilines is 2. The number of rotatable bonds is 6. The summed E-state index contributed by atoms with van der Waals surface area (Å²) in [5, 5.41) is 30.6. The van der Waals surface area contributed by atoms with Gasteiger partial charge in [0, 0.05) is 0 Å². The highest BCUT2D eigenvalue weighted by Gasteiger charge is 2.45. The van der Waals surface area contributed by atoms with E-state index in [9.17, 15) is 29.6 Å². The SMILES string of the molecule is Cc1ccc(C(=O)OP(=O)(O)OCC2OC(n3cnc4c(N)ncnc43)C(O)C2O)c(N)c1O. The number of imidazole rings is 1. The summed E-state index contributed by atoms with van der Waals surface area (Å²) in [5.41, 5.74) is 11.6. The normalized spacial score (nSPS) is 24.2. The maximum atomic E-state index is 12.3. The Kier molecular flexibility index (Phi) is 6.16. The Balaban J connectivity index is 1.44. The number of aromatic hydroxyl groups is 1. The van der Waals surface area contributed by atoms with Crippen LogP contribution in [-0.2, 0) is 18.3 Å². The van der Waals surface area contributed by atoms with Crippen LogP contribution >= 0.6 is 7.82 Å². The first-order valence-electron chi connectivity index (χ1n) is 9.74. The average molecular weight is 496 g/mol. The number of nitrogens with two attached hydrogens (primary N) is 2. The zero-order valence-corrected chi connectivity index (χ0v) is 18.4. The fourth-order valence-electron chi connectivity index (χ4n) is 3.40. The molecule has 0 radical (unpaired) electrons. The lowest BCUT2D eigenvalue weighted by atomic mass is 10.1. The number of aliphatic hydroxyl groups is 2. The number of carbonyl (C=O) groups is 1. The van der Waals surface area contributed by atoms with E-state index in [1.165, 1.54) is 29.4 Å². The Morgan fingerprint density at radius 2 is 1.97 bits per heavy atom. The standard InChI is InChI=1S/C18H21N6O9P/c1-7-2-3-8(10(19)12(7)25)18(28)33-34(29,30)31-4-9-13(26)14(27)17(32-9)24-6-23-11-15(20)21-5-22-16(11)24/h2-3,5-6,9,13-14,17,25-27H,4,19H2,1H3,(H,29,30)(H2,20,21,22). The largest absolute Gasteiger partial charge is 0.529 e. The molecule has 15 nitrogen and oxygen atoms in total. The molecule has 16 heteroatoms. The first-order chi connectivity index (χ1) is 16.0. The van der Waals surface area contributed by atoms with E-state index in [0.717, 1.165) is 0 Å². The van der Waals surface area contributed by atoms with Crippen LogP contribution in [0.5, 0.6) is 5.75 Å². The number of benzene rings is 1. The molecule has 4 rings (SSSR count). The van der Waals surface area contributed by atoms with Crippen molar-refractivity contribution in [2.75, 3.05) is 18.1 Å². The van der Waals surface area contributed by atoms with Gasteiger partial charge in [0.15, 0.2) is 17.7 Å². The molecule has 3 aromatic rings. The number of nitrogens with zero attached hydrogens (tertiary/aromatic N) is 4. The van der Waals surface area contributed by atoms with Gasteiger partial charge in [0.2, 0.25) is 0 Å². The Morgan fingerprint density at radius 3 is 2.71 bits per heavy atom. The summed E-state index contributed by atoms with van der Waals surface area (Å²) < 4.78 is 28.5. The smallest absolute Gasteiger partial charge is 0.505 e. The molecule has 3 heterocycles. The second kappa shape index (κ2) is 8.79. The number of phenols is 1. The number of hydrogen-bond donors (Lipinski definition) is 6. The summed E-state index contributed by atoms with van der Waals surface area (Å²) in [5.74, 6) is -1.58. The van der Waals surface area contributed by atoms with Gasteiger partial charge in [-0.1, -0.05) is 6.07 Å². The fourth-order valence-corrected chi connectivity index (χ4v) is 4.09. The van der Waals surface area contributed by atoms with Gasteiger partial charge in [0.1, 0.15) is 35.9 Å². The third-order valence-electron chi connectivity index (χ3n) is 5.24. The van der Waals surface area contributed by atoms with Gasteiger partial charge in [0.25, 0.3) is 0 Å². The molecule has 0 bridgehead atoms. The van der Waals surface area contributed by atoms with E-state index in [1.54, 1.807) is 6.92 Å². The van der Waals surface area contributed by atoms with Gasteiger partial charge in [-0.15, -0.1) is 0 Å². The molecule has 0 spiro atoms. The number of aromatic nitrogens is 4. The summed E-state index contributed by atoms with van der Waals surface area (Å²) in [6.45, 7) is 0.818. The third-order valence-corrected chi connectivity index (χ3v) is 6.11. The van der Waals surface area contributed by atoms with Crippen molar-refractivity contribution in [1.82, 2.24) is 19.5 Å². The Bertz CT molecular complexity index is 1300. The van der Waals surface area contributed by atoms with E-state index >= 15 is 0 Å². The Hall–Kier alpha value is -3.33. The zero-order valence-electron chi connectivity index (χ0n) is 17.5. The highest BCUT2D eigenvalue weighted by molar-refractivity contribution is 7.48. The summed E-state index contributed by atoms with van der Waals surface area (Å²) in [7, 11) is -5.00. The number of phenolic OH excluding ortho intramolecular Hbond substituents is 1. The number of aryl methyl sites for hydroxylation is 1. The fraction of sp³-hybridized carbons (Fsp3) is 0.333. The topological polar surface area (TPSA) is 238 Å². The van der Waals surface area contributed by atoms with Crippen LogP contribution in [0.1, 0.15) is 22.1 Å². The molecule has 1 fully saturated rings. The van der Waals surface area contributed by atoms with Crippen LogP contribution in [0.2, 0.25) is 0 Å². The second-order valence-corrected chi connectivity index (χ2v) is 8.84. The zero-order chi connectivity index (χ0) is 24.8. The molecular formula is C18H21N6O9P. The number of phosphoric ester groups is 1. The minimum Gasteiger partial charge on any atom is -0.505 e. The van der Waals surface area contributed by atoms with Crippen LogP contribution in [0.4, 0.5) is 11.5 Å². The van der Waals surface area contributed by atoms with Crippen molar-refractivity contribution in [3.8, 4) is 5.75 Å². The van der Waals surface area contributed by atoms with Crippen molar-refractivity contribution >= 4 is 36.5 Å². The summed E-state index contributed by atoms with van der Waals surface area (Å²) in [6.07, 6.45) is -3.03. The number of ether oxygens (including phenoxy) is 1. The van der Waals surface area contributed by atoms with Crippen molar-refractivity contribution in [3.63, 3.8) is 0 Å². The molecule has 1 saturated heterocycles. The molecule has 34 heavy (non-hydrogen) atoms. The number of fused-ring (bicyclic) bond motifs is 1. The molecule has 0 aliphatic carbocycles. The molecule has 5 atom stereocenters. The summed E-state index contributed by atoms with van der Waals surface area (Å²) in [6, 6.07) is 2.58. The van der Waals surface area contributed by atoms with E-state index in [-0.39, 0.29) is 34.0 Å². The molecule has 8 N–H and O–H groups in total. The molecule has 5 unspecified atom stereocenters. The Morgan fingerprint density at radius 1 is 1.24 bits per heavy atom. The molecule has 182 valence electrons. The molecular weight excluding hydrogens is 475 g/mol. The maximum Gasteiger partial charge on any atom is 0.529 e. The molecule has 1 aliphatic heterocycles. The lowest BCUT2D eigenvalue weighted by molar-refractivity contribution is -0.0508. The van der Waals surface area contributed by atoms with Gasteiger partial charge in [-0.2, -0.15) is 0 Å². The highest BCUT2D eigenvalue weighted by atomic mass is 31.2. The number of nitrogen functional groups attached to an aromatic ring is 2. The van der Waals surface area contributed by atoms with Gasteiger partial charge in [-0.25, -0.2) is 24.3 Å². The monoisotopic (exact) mass is 496 g/mol. The predicted molar refractivity (Wildman–Crippen MR) is 114 cm³/mol. The van der Waals surface area contributed by atoms with Crippen LogP contribution in [0.25, 0.3) is 11.2 Å². The second-order valence-electron chi connectivity index (χ2n) is 7.46. The first-order valence-corrected chi connectivity index (χ1v) is 11.2. The average Bonchev–Trinajstić information content (AvgIpc) is 3.32. The van der Waals surface area contributed by atoms with Crippen molar-refractivity contribution in [2.24, 2.45) is 0 Å². The van der Waals surface area contributed by atoms with E-state index in [0.29, 0.717) is 5.56 Å². The van der Waals surface area contributed by atoms with E-state index in [1.807, 2.05) is 0 Å². The van der Waals surface area contributed by atoms with Crippen molar-refractivity contribution < 1.29 is 43.4 Å². The quantitative estimate of drug-likeness (QED) is 0.145. The predicted octanol–water partition coefficient (Wildman–Crippen LogP) is -0.402. The molecule has 1 aromatic carbocycles.